The first-order valence-corrected chi connectivity index (χ1v) is 11.8. The molecule has 2 fully saturated rings. The Morgan fingerprint density at radius 2 is 2.07 bits per heavy atom. The van der Waals surface area contributed by atoms with Crippen LogP contribution in [-0.2, 0) is 14.3 Å². The minimum absolute atomic E-state index is 0. The summed E-state index contributed by atoms with van der Waals surface area (Å²) in [7, 11) is 0. The predicted molar refractivity (Wildman–Crippen MR) is 118 cm³/mol. The van der Waals surface area contributed by atoms with Gasteiger partial charge in [0.1, 0.15) is 6.04 Å². The molecule has 0 spiro atoms. The molecule has 0 aromatic rings. The lowest BCUT2D eigenvalue weighted by molar-refractivity contribution is -0.152. The molecule has 28 heavy (non-hydrogen) atoms. The topological polar surface area (TPSA) is 70.7 Å². The molecule has 2 N–H and O–H groups in total. The average molecular weight is 436 g/mol. The Kier molecular flexibility index (Phi) is 11.8. The lowest BCUT2D eigenvalue weighted by atomic mass is 9.96. The van der Waals surface area contributed by atoms with E-state index in [-0.39, 0.29) is 36.4 Å². The van der Waals surface area contributed by atoms with Gasteiger partial charge in [-0.05, 0) is 70.5 Å². The van der Waals surface area contributed by atoms with E-state index < -0.39 is 6.04 Å². The van der Waals surface area contributed by atoms with Gasteiger partial charge in [-0.25, -0.2) is 4.79 Å². The van der Waals surface area contributed by atoms with Gasteiger partial charge in [0.05, 0.1) is 12.1 Å². The van der Waals surface area contributed by atoms with E-state index in [9.17, 15) is 9.59 Å². The first-order valence-electron chi connectivity index (χ1n) is 10.4. The van der Waals surface area contributed by atoms with Crippen LogP contribution < -0.4 is 10.6 Å². The van der Waals surface area contributed by atoms with Crippen molar-refractivity contribution in [1.82, 2.24) is 15.5 Å². The predicted octanol–water partition coefficient (Wildman–Crippen LogP) is 2.45. The minimum Gasteiger partial charge on any atom is -0.461 e. The van der Waals surface area contributed by atoms with Crippen molar-refractivity contribution in [1.29, 1.82) is 0 Å². The van der Waals surface area contributed by atoms with Crippen LogP contribution in [0, 0.1) is 5.92 Å². The SMILES string of the molecule is CC[C@H]1CCN(C[C@@H]2CCCN2)[C@@H]1C(=O)N[C@@H](CCSC)C(=O)OC(C)C.Cl. The summed E-state index contributed by atoms with van der Waals surface area (Å²) in [5.41, 5.74) is 0. The van der Waals surface area contributed by atoms with Crippen molar-refractivity contribution in [2.75, 3.05) is 31.6 Å². The van der Waals surface area contributed by atoms with Crippen LogP contribution in [0.3, 0.4) is 0 Å². The summed E-state index contributed by atoms with van der Waals surface area (Å²) >= 11 is 1.67. The highest BCUT2D eigenvalue weighted by molar-refractivity contribution is 7.98. The van der Waals surface area contributed by atoms with Gasteiger partial charge in [0, 0.05) is 12.6 Å². The third-order valence-electron chi connectivity index (χ3n) is 5.60. The van der Waals surface area contributed by atoms with Crippen LogP contribution in [0.5, 0.6) is 0 Å². The number of hydrogen-bond donors (Lipinski definition) is 2. The number of rotatable bonds is 10. The van der Waals surface area contributed by atoms with Gasteiger partial charge in [-0.2, -0.15) is 11.8 Å². The largest absolute Gasteiger partial charge is 0.461 e. The quantitative estimate of drug-likeness (QED) is 0.513. The van der Waals surface area contributed by atoms with Crippen molar-refractivity contribution in [3.8, 4) is 0 Å². The Balaban J connectivity index is 0.00000392. The maximum atomic E-state index is 13.2. The van der Waals surface area contributed by atoms with Gasteiger partial charge in [-0.15, -0.1) is 12.4 Å². The highest BCUT2D eigenvalue weighted by Gasteiger charge is 2.40. The first kappa shape index (κ1) is 25.5. The van der Waals surface area contributed by atoms with Crippen LogP contribution in [0.1, 0.15) is 52.9 Å². The fourth-order valence-corrected chi connectivity index (χ4v) is 4.66. The molecule has 0 aliphatic carbocycles. The Hall–Kier alpha value is -0.500. The number of carbonyl (C=O) groups is 2. The second kappa shape index (κ2) is 12.9. The number of hydrogen-bond acceptors (Lipinski definition) is 6. The van der Waals surface area contributed by atoms with Crippen LogP contribution in [0.15, 0.2) is 0 Å². The fourth-order valence-electron chi connectivity index (χ4n) is 4.19. The van der Waals surface area contributed by atoms with Gasteiger partial charge in [0.25, 0.3) is 0 Å². The summed E-state index contributed by atoms with van der Waals surface area (Å²) in [4.78, 5) is 28.0. The summed E-state index contributed by atoms with van der Waals surface area (Å²) in [5, 5.41) is 6.56. The molecule has 0 bridgehead atoms. The molecule has 1 amide bonds. The lowest BCUT2D eigenvalue weighted by Crippen LogP contribution is -2.53. The van der Waals surface area contributed by atoms with E-state index in [0.29, 0.717) is 18.4 Å². The zero-order chi connectivity index (χ0) is 19.8. The smallest absolute Gasteiger partial charge is 0.328 e. The average Bonchev–Trinajstić information content (AvgIpc) is 3.27. The maximum Gasteiger partial charge on any atom is 0.328 e. The molecule has 2 heterocycles. The molecule has 2 aliphatic heterocycles. The number of amides is 1. The number of halogens is 1. The molecule has 0 unspecified atom stereocenters. The van der Waals surface area contributed by atoms with Crippen LogP contribution in [0.4, 0.5) is 0 Å². The molecule has 8 heteroatoms. The molecule has 0 radical (unpaired) electrons. The molecule has 0 aromatic heterocycles. The van der Waals surface area contributed by atoms with Gasteiger partial charge in [-0.3, -0.25) is 9.69 Å². The second-order valence-corrected chi connectivity index (χ2v) is 9.00. The van der Waals surface area contributed by atoms with Crippen LogP contribution in [-0.4, -0.2) is 72.6 Å². The van der Waals surface area contributed by atoms with Crippen molar-refractivity contribution < 1.29 is 14.3 Å². The summed E-state index contributed by atoms with van der Waals surface area (Å²) < 4.78 is 5.37. The number of nitrogens with one attached hydrogen (secondary N) is 2. The minimum atomic E-state index is -0.558. The Morgan fingerprint density at radius 3 is 2.64 bits per heavy atom. The van der Waals surface area contributed by atoms with Crippen LogP contribution >= 0.6 is 24.2 Å². The van der Waals surface area contributed by atoms with E-state index in [1.807, 2.05) is 20.1 Å². The summed E-state index contributed by atoms with van der Waals surface area (Å²) in [6.07, 6.45) is 6.86. The summed E-state index contributed by atoms with van der Waals surface area (Å²) in [6, 6.07) is -0.216. The third kappa shape index (κ3) is 7.39. The number of likely N-dealkylation sites (tertiary alicyclic amines) is 1. The Bertz CT molecular complexity index is 489. The lowest BCUT2D eigenvalue weighted by Gasteiger charge is -2.30. The van der Waals surface area contributed by atoms with Crippen molar-refractivity contribution >= 4 is 36.0 Å². The molecule has 4 atom stereocenters. The number of nitrogens with zero attached hydrogens (tertiary/aromatic N) is 1. The zero-order valence-electron chi connectivity index (χ0n) is 17.7. The van der Waals surface area contributed by atoms with Crippen molar-refractivity contribution in [3.05, 3.63) is 0 Å². The molecule has 2 aliphatic rings. The summed E-state index contributed by atoms with van der Waals surface area (Å²) in [6.45, 7) is 8.78. The van der Waals surface area contributed by atoms with Crippen LogP contribution in [0.2, 0.25) is 0 Å². The van der Waals surface area contributed by atoms with Crippen molar-refractivity contribution in [3.63, 3.8) is 0 Å². The molecular formula is C20H38ClN3O3S. The molecule has 2 rings (SSSR count). The first-order chi connectivity index (χ1) is 13.0. The Morgan fingerprint density at radius 1 is 1.32 bits per heavy atom. The fraction of sp³-hybridized carbons (Fsp3) is 0.900. The summed E-state index contributed by atoms with van der Waals surface area (Å²) in [5.74, 6) is 0.843. The normalized spacial score (nSPS) is 26.1. The molecule has 164 valence electrons. The Labute approximate surface area is 180 Å². The molecule has 6 nitrogen and oxygen atoms in total. The standard InChI is InChI=1S/C20H37N3O3S.ClH/c1-5-15-8-11-23(13-16-7-6-10-21-16)18(15)19(24)22-17(9-12-27-4)20(25)26-14(2)3;/h14-18,21H,5-13H2,1-4H3,(H,22,24);1H/t15-,16-,17-,18-;/m0./s1. The van der Waals surface area contributed by atoms with Crippen LogP contribution in [0.25, 0.3) is 0 Å². The highest BCUT2D eigenvalue weighted by atomic mass is 35.5. The number of thioether (sulfide) groups is 1. The van der Waals surface area contributed by atoms with E-state index in [0.717, 1.165) is 38.2 Å². The van der Waals surface area contributed by atoms with Crippen molar-refractivity contribution in [2.45, 2.75) is 77.1 Å². The second-order valence-electron chi connectivity index (χ2n) is 8.02. The number of ether oxygens (including phenoxy) is 1. The molecule has 0 saturated carbocycles. The maximum absolute atomic E-state index is 13.2. The third-order valence-corrected chi connectivity index (χ3v) is 6.24. The van der Waals surface area contributed by atoms with Gasteiger partial charge in [0.2, 0.25) is 5.91 Å². The zero-order valence-corrected chi connectivity index (χ0v) is 19.4. The van der Waals surface area contributed by atoms with Gasteiger partial charge in [-0.1, -0.05) is 13.3 Å². The number of carbonyl (C=O) groups excluding carboxylic acids is 2. The van der Waals surface area contributed by atoms with E-state index in [1.54, 1.807) is 11.8 Å². The van der Waals surface area contributed by atoms with Gasteiger partial charge in [0.15, 0.2) is 0 Å². The highest BCUT2D eigenvalue weighted by Crippen LogP contribution is 2.28. The molecule has 0 aromatic carbocycles. The van der Waals surface area contributed by atoms with E-state index in [1.165, 1.54) is 12.8 Å². The van der Waals surface area contributed by atoms with Gasteiger partial charge < -0.3 is 15.4 Å². The molecule has 2 saturated heterocycles. The van der Waals surface area contributed by atoms with E-state index in [2.05, 4.69) is 22.5 Å². The van der Waals surface area contributed by atoms with Gasteiger partial charge >= 0.3 is 5.97 Å². The van der Waals surface area contributed by atoms with E-state index >= 15 is 0 Å². The monoisotopic (exact) mass is 435 g/mol. The van der Waals surface area contributed by atoms with Crippen molar-refractivity contribution in [2.24, 2.45) is 5.92 Å². The van der Waals surface area contributed by atoms with E-state index in [4.69, 9.17) is 4.74 Å². The number of esters is 1. The molecular weight excluding hydrogens is 398 g/mol.